The van der Waals surface area contributed by atoms with Gasteiger partial charge in [0.25, 0.3) is 0 Å². The fraction of sp³-hybridized carbons (Fsp3) is 0.533. The average molecular weight is 280 g/mol. The van der Waals surface area contributed by atoms with Crippen LogP contribution in [0.4, 0.5) is 0 Å². The fourth-order valence-electron chi connectivity index (χ4n) is 2.18. The van der Waals surface area contributed by atoms with E-state index < -0.39 is 24.6 Å². The van der Waals surface area contributed by atoms with E-state index in [0.717, 1.165) is 12.0 Å². The maximum Gasteiger partial charge on any atom is 0.185 e. The fourth-order valence-corrected chi connectivity index (χ4v) is 2.18. The van der Waals surface area contributed by atoms with Crippen LogP contribution < -0.4 is 0 Å². The SMILES string of the molecule is CCCO[C@@H]1[C@H](C=O)OC(c2ccccc2)O[C@@H]1CO. The van der Waals surface area contributed by atoms with Crippen molar-refractivity contribution in [1.82, 2.24) is 0 Å². The topological polar surface area (TPSA) is 65.0 Å². The molecule has 0 aromatic heterocycles. The number of hydrogen-bond acceptors (Lipinski definition) is 5. The number of aliphatic hydroxyl groups excluding tert-OH is 1. The second-order valence-corrected chi connectivity index (χ2v) is 4.67. The van der Waals surface area contributed by atoms with E-state index in [9.17, 15) is 9.90 Å². The summed E-state index contributed by atoms with van der Waals surface area (Å²) >= 11 is 0. The Balaban J connectivity index is 2.12. The van der Waals surface area contributed by atoms with Gasteiger partial charge in [-0.15, -0.1) is 0 Å². The molecule has 0 radical (unpaired) electrons. The molecule has 20 heavy (non-hydrogen) atoms. The Morgan fingerprint density at radius 1 is 1.30 bits per heavy atom. The number of carbonyl (C=O) groups is 1. The second-order valence-electron chi connectivity index (χ2n) is 4.67. The van der Waals surface area contributed by atoms with Gasteiger partial charge in [-0.25, -0.2) is 0 Å². The molecule has 5 nitrogen and oxygen atoms in total. The highest BCUT2D eigenvalue weighted by Gasteiger charge is 2.40. The van der Waals surface area contributed by atoms with Crippen molar-refractivity contribution in [3.63, 3.8) is 0 Å². The van der Waals surface area contributed by atoms with E-state index >= 15 is 0 Å². The Bertz CT molecular complexity index is 408. The molecule has 1 saturated heterocycles. The van der Waals surface area contributed by atoms with E-state index in [1.54, 1.807) is 0 Å². The lowest BCUT2D eigenvalue weighted by Crippen LogP contribution is -2.51. The molecule has 4 atom stereocenters. The highest BCUT2D eigenvalue weighted by molar-refractivity contribution is 5.57. The second kappa shape index (κ2) is 7.50. The van der Waals surface area contributed by atoms with Crippen LogP contribution in [0.2, 0.25) is 0 Å². The highest BCUT2D eigenvalue weighted by Crippen LogP contribution is 2.30. The molecule has 1 unspecified atom stereocenters. The first-order chi connectivity index (χ1) is 9.80. The van der Waals surface area contributed by atoms with E-state index in [2.05, 4.69) is 0 Å². The van der Waals surface area contributed by atoms with Gasteiger partial charge in [0.2, 0.25) is 0 Å². The first kappa shape index (κ1) is 15.1. The van der Waals surface area contributed by atoms with Gasteiger partial charge in [-0.1, -0.05) is 37.3 Å². The largest absolute Gasteiger partial charge is 0.394 e. The third-order valence-corrected chi connectivity index (χ3v) is 3.17. The summed E-state index contributed by atoms with van der Waals surface area (Å²) < 4.78 is 16.9. The van der Waals surface area contributed by atoms with Gasteiger partial charge in [-0.2, -0.15) is 0 Å². The quantitative estimate of drug-likeness (QED) is 0.799. The molecular formula is C15H20O5. The van der Waals surface area contributed by atoms with Crippen molar-refractivity contribution in [2.75, 3.05) is 13.2 Å². The monoisotopic (exact) mass is 280 g/mol. The standard InChI is InChI=1S/C15H20O5/c1-2-8-18-14-12(9-16)19-15(20-13(14)10-17)11-6-4-3-5-7-11/h3-7,9,12-15,17H,2,8,10H2,1H3/t12-,13+,14+,15?/m0/s1. The van der Waals surface area contributed by atoms with Crippen molar-refractivity contribution in [1.29, 1.82) is 0 Å². The van der Waals surface area contributed by atoms with Crippen LogP contribution >= 0.6 is 0 Å². The van der Waals surface area contributed by atoms with Crippen LogP contribution in [0.5, 0.6) is 0 Å². The summed E-state index contributed by atoms with van der Waals surface area (Å²) in [6, 6.07) is 9.33. The first-order valence-corrected chi connectivity index (χ1v) is 6.83. The smallest absolute Gasteiger partial charge is 0.185 e. The summed E-state index contributed by atoms with van der Waals surface area (Å²) in [6.07, 6.45) is -1.01. The zero-order valence-corrected chi connectivity index (χ0v) is 11.5. The molecule has 1 aliphatic heterocycles. The molecule has 0 saturated carbocycles. The van der Waals surface area contributed by atoms with E-state index in [-0.39, 0.29) is 6.61 Å². The van der Waals surface area contributed by atoms with E-state index in [4.69, 9.17) is 14.2 Å². The van der Waals surface area contributed by atoms with E-state index in [1.165, 1.54) is 0 Å². The van der Waals surface area contributed by atoms with Gasteiger partial charge in [-0.3, -0.25) is 0 Å². The van der Waals surface area contributed by atoms with Crippen molar-refractivity contribution in [2.45, 2.75) is 37.9 Å². The van der Waals surface area contributed by atoms with Crippen LogP contribution in [-0.4, -0.2) is 42.9 Å². The van der Waals surface area contributed by atoms with Crippen LogP contribution in [0, 0.1) is 0 Å². The van der Waals surface area contributed by atoms with Gasteiger partial charge in [0.15, 0.2) is 12.6 Å². The van der Waals surface area contributed by atoms with E-state index in [1.807, 2.05) is 37.3 Å². The lowest BCUT2D eigenvalue weighted by atomic mass is 10.1. The minimum atomic E-state index is -0.738. The molecule has 5 heteroatoms. The summed E-state index contributed by atoms with van der Waals surface area (Å²) in [4.78, 5) is 11.2. The van der Waals surface area contributed by atoms with Gasteiger partial charge in [0.05, 0.1) is 6.61 Å². The predicted molar refractivity (Wildman–Crippen MR) is 72.1 cm³/mol. The zero-order valence-electron chi connectivity index (χ0n) is 11.5. The summed E-state index contributed by atoms with van der Waals surface area (Å²) in [5.41, 5.74) is 0.812. The number of rotatable bonds is 6. The predicted octanol–water partition coefficient (Wildman–Crippen LogP) is 1.46. The van der Waals surface area contributed by atoms with Crippen molar-refractivity contribution in [2.24, 2.45) is 0 Å². The van der Waals surface area contributed by atoms with Crippen LogP contribution in [0.1, 0.15) is 25.2 Å². The molecule has 0 spiro atoms. The summed E-state index contributed by atoms with van der Waals surface area (Å²) in [6.45, 7) is 2.25. The van der Waals surface area contributed by atoms with Crippen molar-refractivity contribution >= 4 is 6.29 Å². The van der Waals surface area contributed by atoms with Gasteiger partial charge in [0, 0.05) is 12.2 Å². The normalized spacial score (nSPS) is 30.1. The first-order valence-electron chi connectivity index (χ1n) is 6.83. The minimum absolute atomic E-state index is 0.217. The highest BCUT2D eigenvalue weighted by atomic mass is 16.7. The lowest BCUT2D eigenvalue weighted by Gasteiger charge is -2.39. The van der Waals surface area contributed by atoms with Gasteiger partial charge in [0.1, 0.15) is 18.3 Å². The van der Waals surface area contributed by atoms with Crippen LogP contribution in [0.15, 0.2) is 30.3 Å². The molecule has 1 aromatic rings. The van der Waals surface area contributed by atoms with Crippen molar-refractivity contribution in [3.05, 3.63) is 35.9 Å². The molecule has 1 aliphatic rings. The molecule has 1 N–H and O–H groups in total. The molecule has 1 heterocycles. The maximum absolute atomic E-state index is 11.2. The number of hydrogen-bond donors (Lipinski definition) is 1. The van der Waals surface area contributed by atoms with Crippen molar-refractivity contribution in [3.8, 4) is 0 Å². The summed E-state index contributed by atoms with van der Waals surface area (Å²) in [5.74, 6) is 0. The Kier molecular flexibility index (Phi) is 5.67. The van der Waals surface area contributed by atoms with Gasteiger partial charge < -0.3 is 24.1 Å². The molecule has 110 valence electrons. The Labute approximate surface area is 118 Å². The molecule has 0 bridgehead atoms. The maximum atomic E-state index is 11.2. The van der Waals surface area contributed by atoms with E-state index in [0.29, 0.717) is 12.9 Å². The molecule has 0 amide bonds. The lowest BCUT2D eigenvalue weighted by molar-refractivity contribution is -0.292. The zero-order chi connectivity index (χ0) is 14.4. The third-order valence-electron chi connectivity index (χ3n) is 3.17. The average Bonchev–Trinajstić information content (AvgIpc) is 2.52. The molecule has 0 aliphatic carbocycles. The molecule has 1 fully saturated rings. The number of benzene rings is 1. The molecule has 1 aromatic carbocycles. The minimum Gasteiger partial charge on any atom is -0.394 e. The number of aliphatic hydroxyl groups is 1. The Morgan fingerprint density at radius 3 is 2.65 bits per heavy atom. The molecular weight excluding hydrogens is 260 g/mol. The summed E-state index contributed by atoms with van der Waals surface area (Å²) in [5, 5.41) is 9.46. The summed E-state index contributed by atoms with van der Waals surface area (Å²) in [7, 11) is 0. The van der Waals surface area contributed by atoms with Gasteiger partial charge in [-0.05, 0) is 6.42 Å². The Morgan fingerprint density at radius 2 is 2.05 bits per heavy atom. The Hall–Kier alpha value is -1.27. The van der Waals surface area contributed by atoms with Crippen LogP contribution in [0.3, 0.4) is 0 Å². The number of carbonyl (C=O) groups excluding carboxylic acids is 1. The number of aldehydes is 1. The van der Waals surface area contributed by atoms with Crippen LogP contribution in [-0.2, 0) is 19.0 Å². The van der Waals surface area contributed by atoms with Gasteiger partial charge >= 0.3 is 0 Å². The number of ether oxygens (including phenoxy) is 3. The van der Waals surface area contributed by atoms with Crippen molar-refractivity contribution < 1.29 is 24.1 Å². The third kappa shape index (κ3) is 3.43. The van der Waals surface area contributed by atoms with Crippen LogP contribution in [0.25, 0.3) is 0 Å². The molecule has 2 rings (SSSR count).